The van der Waals surface area contributed by atoms with Gasteiger partial charge in [-0.2, -0.15) is 9.97 Å². The molecule has 0 spiro atoms. The van der Waals surface area contributed by atoms with Crippen molar-refractivity contribution in [2.75, 3.05) is 56.1 Å². The molecule has 10 nitrogen and oxygen atoms in total. The van der Waals surface area contributed by atoms with Crippen LogP contribution in [-0.2, 0) is 17.8 Å². The summed E-state index contributed by atoms with van der Waals surface area (Å²) in [6.07, 6.45) is 3.86. The van der Waals surface area contributed by atoms with Gasteiger partial charge in [-0.1, -0.05) is 24.8 Å². The van der Waals surface area contributed by atoms with Gasteiger partial charge in [0.1, 0.15) is 18.0 Å². The summed E-state index contributed by atoms with van der Waals surface area (Å²) in [6, 6.07) is 5.80. The lowest BCUT2D eigenvalue weighted by atomic mass is 9.76. The van der Waals surface area contributed by atoms with Crippen LogP contribution in [-0.4, -0.2) is 101 Å². The third-order valence-corrected chi connectivity index (χ3v) is 10.3. The van der Waals surface area contributed by atoms with E-state index in [2.05, 4.69) is 40.4 Å². The van der Waals surface area contributed by atoms with Gasteiger partial charge >= 0.3 is 6.01 Å². The summed E-state index contributed by atoms with van der Waals surface area (Å²) in [5.41, 5.74) is 3.94. The number of fused-ring (bicyclic) bond motifs is 2. The van der Waals surface area contributed by atoms with Gasteiger partial charge in [0, 0.05) is 74.1 Å². The first kappa shape index (κ1) is 34.4. The van der Waals surface area contributed by atoms with Crippen molar-refractivity contribution in [1.29, 1.82) is 0 Å². The van der Waals surface area contributed by atoms with Crippen molar-refractivity contribution in [1.82, 2.24) is 24.8 Å². The van der Waals surface area contributed by atoms with Gasteiger partial charge in [0.25, 0.3) is 5.91 Å². The zero-order valence-electron chi connectivity index (χ0n) is 28.5. The molecule has 0 radical (unpaired) electrons. The van der Waals surface area contributed by atoms with Crippen LogP contribution in [0.15, 0.2) is 43.0 Å². The summed E-state index contributed by atoms with van der Waals surface area (Å²) in [5, 5.41) is 2.20. The fraction of sp³-hybridized carbons (Fsp3) is 0.528. The maximum Gasteiger partial charge on any atom is 0.318 e. The fourth-order valence-corrected chi connectivity index (χ4v) is 7.48. The topological polar surface area (TPSA) is 82.3 Å². The number of nitrogens with zero attached hydrogens (tertiary/aromatic N) is 8. The number of ether oxygens (including phenoxy) is 1. The second kappa shape index (κ2) is 13.8. The largest absolute Gasteiger partial charge is 0.459 e. The van der Waals surface area contributed by atoms with Gasteiger partial charge in [0.05, 0.1) is 24.1 Å². The third kappa shape index (κ3) is 7.15. The molecular formula is C36H43F3N8O2. The Morgan fingerprint density at radius 1 is 1.18 bits per heavy atom. The van der Waals surface area contributed by atoms with Crippen molar-refractivity contribution in [2.45, 2.75) is 70.7 Å². The Kier molecular flexibility index (Phi) is 9.71. The Labute approximate surface area is 285 Å². The molecule has 1 aromatic carbocycles. The highest BCUT2D eigenvalue weighted by Gasteiger charge is 2.48. The number of carbonyl (C=O) groups excluding carboxylic acids is 1. The molecule has 13 heteroatoms. The zero-order chi connectivity index (χ0) is 35.0. The maximum absolute atomic E-state index is 13.9. The number of aromatic nitrogens is 3. The lowest BCUT2D eigenvalue weighted by Gasteiger charge is -2.42. The number of carbonyl (C=O) groups is 1. The predicted molar refractivity (Wildman–Crippen MR) is 183 cm³/mol. The van der Waals surface area contributed by atoms with Crippen molar-refractivity contribution in [3.63, 3.8) is 0 Å². The SMILES string of the molecule is [C-]#[N+]C[C@H]1CN(c2nc(O[C@H](C)CN(C)[C@@H](C)C3CC(F)(F)C3)nc3c2CCN(c2cncc4cccc(C)c24)C3)CCN1C(=O)C(=C)F. The smallest absolute Gasteiger partial charge is 0.318 e. The number of amides is 1. The molecule has 0 unspecified atom stereocenters. The molecule has 49 heavy (non-hydrogen) atoms. The van der Waals surface area contributed by atoms with Gasteiger partial charge in [-0.25, -0.2) is 19.7 Å². The molecule has 3 atom stereocenters. The number of piperazine rings is 1. The first-order valence-electron chi connectivity index (χ1n) is 16.8. The number of likely N-dealkylation sites (N-methyl/N-ethyl adjacent to an activating group) is 1. The first-order valence-corrected chi connectivity index (χ1v) is 16.8. The quantitative estimate of drug-likeness (QED) is 0.207. The minimum atomic E-state index is -2.57. The molecule has 0 N–H and O–H groups in total. The highest BCUT2D eigenvalue weighted by molar-refractivity contribution is 5.96. The Hall–Kier alpha value is -4.44. The van der Waals surface area contributed by atoms with E-state index < -0.39 is 23.7 Å². The van der Waals surface area contributed by atoms with Crippen LogP contribution in [0, 0.1) is 19.4 Å². The number of aryl methyl sites for hydroxylation is 1. The number of hydrogen-bond donors (Lipinski definition) is 0. The van der Waals surface area contributed by atoms with E-state index in [-0.39, 0.29) is 50.0 Å². The molecule has 1 aliphatic carbocycles. The van der Waals surface area contributed by atoms with E-state index in [0.717, 1.165) is 33.3 Å². The molecule has 1 saturated carbocycles. The van der Waals surface area contributed by atoms with Crippen molar-refractivity contribution in [2.24, 2.45) is 5.92 Å². The van der Waals surface area contributed by atoms with Crippen molar-refractivity contribution >= 4 is 28.2 Å². The van der Waals surface area contributed by atoms with Crippen molar-refractivity contribution in [3.8, 4) is 6.01 Å². The highest BCUT2D eigenvalue weighted by atomic mass is 19.3. The van der Waals surface area contributed by atoms with E-state index in [4.69, 9.17) is 21.3 Å². The number of hydrogen-bond acceptors (Lipinski definition) is 8. The Balaban J connectivity index is 1.29. The van der Waals surface area contributed by atoms with Gasteiger partial charge in [-0.3, -0.25) is 14.7 Å². The summed E-state index contributed by atoms with van der Waals surface area (Å²) in [6.45, 7) is 19.2. The fourth-order valence-electron chi connectivity index (χ4n) is 7.48. The molecule has 1 saturated heterocycles. The number of rotatable bonds is 10. The van der Waals surface area contributed by atoms with E-state index in [1.165, 1.54) is 4.90 Å². The van der Waals surface area contributed by atoms with Crippen LogP contribution in [0.1, 0.15) is 43.5 Å². The second-order valence-electron chi connectivity index (χ2n) is 13.7. The lowest BCUT2D eigenvalue weighted by molar-refractivity contribution is -0.131. The second-order valence-corrected chi connectivity index (χ2v) is 13.7. The van der Waals surface area contributed by atoms with Crippen LogP contribution in [0.5, 0.6) is 6.01 Å². The number of benzene rings is 1. The summed E-state index contributed by atoms with van der Waals surface area (Å²) in [4.78, 5) is 38.2. The molecule has 1 amide bonds. The molecule has 2 aromatic heterocycles. The van der Waals surface area contributed by atoms with E-state index in [1.54, 1.807) is 0 Å². The van der Waals surface area contributed by atoms with Crippen LogP contribution in [0.2, 0.25) is 0 Å². The molecule has 0 bridgehead atoms. The number of alkyl halides is 2. The molecule has 2 fully saturated rings. The minimum absolute atomic E-state index is 0.0157. The predicted octanol–water partition coefficient (Wildman–Crippen LogP) is 5.45. The summed E-state index contributed by atoms with van der Waals surface area (Å²) in [5.74, 6) is -3.80. The third-order valence-electron chi connectivity index (χ3n) is 10.3. The zero-order valence-corrected chi connectivity index (χ0v) is 28.5. The van der Waals surface area contributed by atoms with Gasteiger partial charge in [0.2, 0.25) is 12.5 Å². The van der Waals surface area contributed by atoms with Gasteiger partial charge in [-0.05, 0) is 45.7 Å². The Morgan fingerprint density at radius 3 is 2.67 bits per heavy atom. The average molecular weight is 677 g/mol. The molecule has 6 rings (SSSR count). The van der Waals surface area contributed by atoms with E-state index in [0.29, 0.717) is 45.0 Å². The Bertz CT molecular complexity index is 1770. The van der Waals surface area contributed by atoms with Gasteiger partial charge in [0.15, 0.2) is 5.83 Å². The molecule has 3 aromatic rings. The average Bonchev–Trinajstić information content (AvgIpc) is 3.05. The number of pyridine rings is 1. The van der Waals surface area contributed by atoms with Crippen LogP contribution in [0.4, 0.5) is 24.7 Å². The summed E-state index contributed by atoms with van der Waals surface area (Å²) >= 11 is 0. The van der Waals surface area contributed by atoms with Crippen LogP contribution in [0.25, 0.3) is 15.6 Å². The molecule has 4 heterocycles. The molecule has 2 aliphatic heterocycles. The molecular weight excluding hydrogens is 633 g/mol. The number of anilines is 2. The van der Waals surface area contributed by atoms with Crippen LogP contribution < -0.4 is 14.5 Å². The standard InChI is InChI=1S/C36H43F3N8O2/c1-22-8-7-9-26-16-41-18-31(32(22)26)45-11-10-29-30(21-45)42-35(49-23(2)19-44(6)25(4)27-14-36(38,39)15-27)43-33(29)46-12-13-47(34(48)24(3)37)28(20-46)17-40-5/h7-9,16,18,23,25,27-28H,3,10-15,17,19-21H2,1-2,4,6H3/t23-,25+,28+/m1/s1. The normalized spacial score (nSPS) is 20.4. The van der Waals surface area contributed by atoms with Crippen LogP contribution in [0.3, 0.4) is 0 Å². The van der Waals surface area contributed by atoms with E-state index >= 15 is 0 Å². The Morgan fingerprint density at radius 2 is 1.96 bits per heavy atom. The van der Waals surface area contributed by atoms with Gasteiger partial charge < -0.3 is 24.3 Å². The summed E-state index contributed by atoms with van der Waals surface area (Å²) in [7, 11) is 1.92. The minimum Gasteiger partial charge on any atom is -0.459 e. The first-order chi connectivity index (χ1) is 23.3. The number of halogens is 3. The van der Waals surface area contributed by atoms with Gasteiger partial charge in [-0.15, -0.1) is 0 Å². The summed E-state index contributed by atoms with van der Waals surface area (Å²) < 4.78 is 47.4. The lowest BCUT2D eigenvalue weighted by Crippen LogP contribution is -2.57. The maximum atomic E-state index is 13.9. The van der Waals surface area contributed by atoms with E-state index in [1.807, 2.05) is 49.2 Å². The monoisotopic (exact) mass is 676 g/mol. The van der Waals surface area contributed by atoms with Crippen molar-refractivity contribution in [3.05, 3.63) is 71.2 Å². The van der Waals surface area contributed by atoms with Crippen molar-refractivity contribution < 1.29 is 22.7 Å². The molecule has 260 valence electrons. The van der Waals surface area contributed by atoms with Crippen LogP contribution >= 0.6 is 0 Å². The highest BCUT2D eigenvalue weighted by Crippen LogP contribution is 2.45. The van der Waals surface area contributed by atoms with E-state index in [9.17, 15) is 18.0 Å². The molecule has 3 aliphatic rings.